The van der Waals surface area contributed by atoms with Gasteiger partial charge in [-0.25, -0.2) is 14.2 Å². The number of fused-ring (bicyclic) bond motifs is 1. The van der Waals surface area contributed by atoms with E-state index in [4.69, 9.17) is 15.5 Å². The van der Waals surface area contributed by atoms with Crippen molar-refractivity contribution in [2.24, 2.45) is 0 Å². The summed E-state index contributed by atoms with van der Waals surface area (Å²) in [5, 5.41) is 3.57. The van der Waals surface area contributed by atoms with Crippen LogP contribution in [0.15, 0.2) is 36.4 Å². The highest BCUT2D eigenvalue weighted by atomic mass is 32.1. The van der Waals surface area contributed by atoms with Gasteiger partial charge in [-0.15, -0.1) is 0 Å². The summed E-state index contributed by atoms with van der Waals surface area (Å²) >= 11 is 1.61. The van der Waals surface area contributed by atoms with Crippen LogP contribution in [0.4, 0.5) is 31.4 Å². The Hall–Kier alpha value is -3.60. The number of aromatic nitrogens is 1. The number of anilines is 4. The van der Waals surface area contributed by atoms with E-state index in [1.807, 2.05) is 23.1 Å². The highest BCUT2D eigenvalue weighted by Gasteiger charge is 2.33. The van der Waals surface area contributed by atoms with E-state index in [1.54, 1.807) is 23.5 Å². The number of nitrogens with one attached hydrogen (secondary N) is 1. The zero-order chi connectivity index (χ0) is 23.8. The Bertz CT molecular complexity index is 1240. The van der Waals surface area contributed by atoms with E-state index in [2.05, 4.69) is 10.2 Å². The number of hydrogen-bond donors (Lipinski definition) is 2. The molecule has 3 aromatic rings. The van der Waals surface area contributed by atoms with Crippen LogP contribution in [-0.4, -0.2) is 62.4 Å². The van der Waals surface area contributed by atoms with E-state index >= 15 is 4.39 Å². The maximum atomic E-state index is 15.1. The number of carbonyl (C=O) groups excluding carboxylic acids is 2. The molecular formula is C23H25FN6O3S. The molecular weight excluding hydrogens is 459 g/mol. The number of thiazole rings is 1. The van der Waals surface area contributed by atoms with E-state index in [0.29, 0.717) is 24.5 Å². The molecule has 2 amide bonds. The molecule has 11 heteroatoms. The molecule has 2 aliphatic heterocycles. The zero-order valence-electron chi connectivity index (χ0n) is 18.7. The van der Waals surface area contributed by atoms with Crippen LogP contribution in [0.1, 0.15) is 6.92 Å². The summed E-state index contributed by atoms with van der Waals surface area (Å²) in [7, 11) is 0. The number of benzene rings is 2. The molecule has 0 spiro atoms. The van der Waals surface area contributed by atoms with Crippen molar-refractivity contribution in [1.29, 1.82) is 0 Å². The average Bonchev–Trinajstić information content (AvgIpc) is 3.40. The van der Waals surface area contributed by atoms with Crippen LogP contribution in [0, 0.1) is 5.82 Å². The first-order valence-corrected chi connectivity index (χ1v) is 11.9. The minimum Gasteiger partial charge on any atom is -0.442 e. The van der Waals surface area contributed by atoms with Gasteiger partial charge in [0, 0.05) is 38.8 Å². The number of ether oxygens (including phenoxy) is 1. The summed E-state index contributed by atoms with van der Waals surface area (Å²) in [6, 6.07) is 10.5. The first-order chi connectivity index (χ1) is 16.4. The maximum Gasteiger partial charge on any atom is 0.414 e. The fourth-order valence-corrected chi connectivity index (χ4v) is 5.28. The molecule has 0 aliphatic carbocycles. The Morgan fingerprint density at radius 2 is 1.97 bits per heavy atom. The fourth-order valence-electron chi connectivity index (χ4n) is 4.22. The maximum absolute atomic E-state index is 15.1. The van der Waals surface area contributed by atoms with Gasteiger partial charge in [0.1, 0.15) is 11.9 Å². The molecule has 0 saturated carbocycles. The third-order valence-electron chi connectivity index (χ3n) is 5.99. The lowest BCUT2D eigenvalue weighted by molar-refractivity contribution is -0.119. The Morgan fingerprint density at radius 1 is 1.21 bits per heavy atom. The highest BCUT2D eigenvalue weighted by Crippen LogP contribution is 2.32. The lowest BCUT2D eigenvalue weighted by Crippen LogP contribution is -2.46. The number of carbonyl (C=O) groups is 2. The van der Waals surface area contributed by atoms with Crippen LogP contribution >= 0.6 is 11.3 Å². The van der Waals surface area contributed by atoms with Crippen molar-refractivity contribution in [1.82, 2.24) is 10.3 Å². The smallest absolute Gasteiger partial charge is 0.414 e. The molecule has 3 heterocycles. The average molecular weight is 485 g/mol. The van der Waals surface area contributed by atoms with E-state index in [1.165, 1.54) is 17.9 Å². The minimum absolute atomic E-state index is 0.196. The Kier molecular flexibility index (Phi) is 5.86. The molecule has 2 aliphatic rings. The molecule has 1 aromatic heterocycles. The van der Waals surface area contributed by atoms with Crippen molar-refractivity contribution >= 4 is 55.7 Å². The van der Waals surface area contributed by atoms with Crippen molar-refractivity contribution in [3.05, 3.63) is 42.2 Å². The molecule has 2 saturated heterocycles. The summed E-state index contributed by atoms with van der Waals surface area (Å²) in [6.45, 7) is 4.63. The third-order valence-corrected chi connectivity index (χ3v) is 7.07. The Balaban J connectivity index is 1.23. The first-order valence-electron chi connectivity index (χ1n) is 11.1. The lowest BCUT2D eigenvalue weighted by atomic mass is 10.2. The van der Waals surface area contributed by atoms with Crippen LogP contribution in [0.5, 0.6) is 0 Å². The first kappa shape index (κ1) is 22.2. The number of nitrogen functional groups attached to an aromatic ring is 1. The van der Waals surface area contributed by atoms with Gasteiger partial charge >= 0.3 is 6.09 Å². The van der Waals surface area contributed by atoms with E-state index < -0.39 is 12.2 Å². The fraction of sp³-hybridized carbons (Fsp3) is 0.348. The second-order valence-electron chi connectivity index (χ2n) is 8.39. The van der Waals surface area contributed by atoms with Crippen LogP contribution in [0.25, 0.3) is 10.2 Å². The van der Waals surface area contributed by atoms with Gasteiger partial charge in [0.25, 0.3) is 0 Å². The molecule has 0 bridgehead atoms. The number of nitrogens with zero attached hydrogens (tertiary/aromatic N) is 4. The van der Waals surface area contributed by atoms with Crippen LogP contribution < -0.4 is 25.8 Å². The molecule has 178 valence electrons. The van der Waals surface area contributed by atoms with E-state index in [9.17, 15) is 9.59 Å². The lowest BCUT2D eigenvalue weighted by Gasteiger charge is -2.36. The van der Waals surface area contributed by atoms with Crippen molar-refractivity contribution < 1.29 is 18.7 Å². The molecule has 34 heavy (non-hydrogen) atoms. The van der Waals surface area contributed by atoms with Crippen LogP contribution in [0.3, 0.4) is 0 Å². The topological polar surface area (TPSA) is 104 Å². The number of cyclic esters (lactones) is 1. The molecule has 1 atom stereocenters. The number of amides is 2. The van der Waals surface area contributed by atoms with Gasteiger partial charge in [-0.2, -0.15) is 0 Å². The summed E-state index contributed by atoms with van der Waals surface area (Å²) in [6.07, 6.45) is -1.01. The van der Waals surface area contributed by atoms with Crippen molar-refractivity contribution in [3.8, 4) is 0 Å². The number of nitrogens with two attached hydrogens (primary N) is 1. The summed E-state index contributed by atoms with van der Waals surface area (Å²) in [4.78, 5) is 33.6. The minimum atomic E-state index is -0.547. The molecule has 0 radical (unpaired) electrons. The standard InChI is InChI=1S/C23H25FN6O3S/c1-14(31)26-12-17-13-30(23(32)33-17)16-3-5-20(18(24)11-16)28-6-8-29(9-7-28)22-27-19-4-2-15(25)10-21(19)34-22/h2-5,10-11,17H,6-9,12-13,25H2,1H3,(H,26,31). The number of piperazine rings is 1. The van der Waals surface area contributed by atoms with Crippen molar-refractivity contribution in [2.75, 3.05) is 59.7 Å². The van der Waals surface area contributed by atoms with Gasteiger partial charge in [0.05, 0.1) is 34.7 Å². The molecule has 2 aromatic carbocycles. The monoisotopic (exact) mass is 484 g/mol. The normalized spacial score (nSPS) is 18.5. The Morgan fingerprint density at radius 3 is 2.71 bits per heavy atom. The van der Waals surface area contributed by atoms with Gasteiger partial charge in [0.2, 0.25) is 5.91 Å². The predicted molar refractivity (Wildman–Crippen MR) is 131 cm³/mol. The molecule has 5 rings (SSSR count). The largest absolute Gasteiger partial charge is 0.442 e. The van der Waals surface area contributed by atoms with Crippen LogP contribution in [0.2, 0.25) is 0 Å². The van der Waals surface area contributed by atoms with E-state index in [-0.39, 0.29) is 24.8 Å². The molecule has 3 N–H and O–H groups in total. The third kappa shape index (κ3) is 4.43. The van der Waals surface area contributed by atoms with Gasteiger partial charge < -0.3 is 25.6 Å². The second kappa shape index (κ2) is 8.98. The Labute approximate surface area is 199 Å². The van der Waals surface area contributed by atoms with Gasteiger partial charge in [-0.3, -0.25) is 9.69 Å². The van der Waals surface area contributed by atoms with Gasteiger partial charge in [-0.1, -0.05) is 11.3 Å². The highest BCUT2D eigenvalue weighted by molar-refractivity contribution is 7.22. The van der Waals surface area contributed by atoms with Crippen molar-refractivity contribution in [3.63, 3.8) is 0 Å². The quantitative estimate of drug-likeness (QED) is 0.537. The zero-order valence-corrected chi connectivity index (χ0v) is 19.5. The van der Waals surface area contributed by atoms with E-state index in [0.717, 1.165) is 34.1 Å². The number of halogens is 1. The van der Waals surface area contributed by atoms with Crippen LogP contribution in [-0.2, 0) is 9.53 Å². The number of rotatable bonds is 5. The molecule has 1 unspecified atom stereocenters. The van der Waals surface area contributed by atoms with Gasteiger partial charge in [0.15, 0.2) is 5.13 Å². The predicted octanol–water partition coefficient (Wildman–Crippen LogP) is 2.81. The molecule has 9 nitrogen and oxygen atoms in total. The molecule has 2 fully saturated rings. The van der Waals surface area contributed by atoms with Crippen molar-refractivity contribution in [2.45, 2.75) is 13.0 Å². The summed E-state index contributed by atoms with van der Waals surface area (Å²) in [5.41, 5.74) is 8.46. The number of hydrogen-bond acceptors (Lipinski definition) is 8. The summed E-state index contributed by atoms with van der Waals surface area (Å²) in [5.74, 6) is -0.586. The van der Waals surface area contributed by atoms with Gasteiger partial charge in [-0.05, 0) is 36.4 Å². The summed E-state index contributed by atoms with van der Waals surface area (Å²) < 4.78 is 21.4. The second-order valence-corrected chi connectivity index (χ2v) is 9.40. The SMILES string of the molecule is CC(=O)NCC1CN(c2ccc(N3CCN(c4nc5ccc(N)cc5s4)CC3)c(F)c2)C(=O)O1.